The Balaban J connectivity index is 1.60. The first-order chi connectivity index (χ1) is 12.2. The summed E-state index contributed by atoms with van der Waals surface area (Å²) in [5, 5.41) is 0.531. The molecule has 2 aromatic carbocycles. The van der Waals surface area contributed by atoms with Crippen LogP contribution in [0.25, 0.3) is 11.3 Å². The molecule has 0 amide bonds. The van der Waals surface area contributed by atoms with Crippen molar-refractivity contribution >= 4 is 17.6 Å². The lowest BCUT2D eigenvalue weighted by Crippen LogP contribution is -2.09. The fourth-order valence-corrected chi connectivity index (χ4v) is 2.54. The van der Waals surface area contributed by atoms with Crippen LogP contribution in [-0.4, -0.2) is 18.1 Å². The molecule has 5 nitrogen and oxygen atoms in total. The van der Waals surface area contributed by atoms with Gasteiger partial charge in [0.15, 0.2) is 12.4 Å². The first-order valence-corrected chi connectivity index (χ1v) is 8.01. The Labute approximate surface area is 150 Å². The molecule has 0 spiro atoms. The molecule has 0 aliphatic rings. The number of hydrogen-bond donors (Lipinski definition) is 0. The largest absolute Gasteiger partial charge is 0.496 e. The summed E-state index contributed by atoms with van der Waals surface area (Å²) in [4.78, 5) is 16.2. The third-order valence-corrected chi connectivity index (χ3v) is 3.78. The molecule has 0 atom stereocenters. The van der Waals surface area contributed by atoms with Gasteiger partial charge in [0, 0.05) is 16.1 Å². The van der Waals surface area contributed by atoms with Gasteiger partial charge in [0.05, 0.1) is 19.7 Å². The van der Waals surface area contributed by atoms with Gasteiger partial charge in [0.2, 0.25) is 5.89 Å². The van der Waals surface area contributed by atoms with Crippen LogP contribution in [0.1, 0.15) is 11.5 Å². The van der Waals surface area contributed by atoms with E-state index in [1.807, 2.05) is 30.3 Å². The molecule has 3 aromatic rings. The molecule has 6 heteroatoms. The zero-order chi connectivity index (χ0) is 17.6. The minimum Gasteiger partial charge on any atom is -0.496 e. The number of rotatable bonds is 6. The maximum Gasteiger partial charge on any atom is 0.310 e. The van der Waals surface area contributed by atoms with E-state index in [2.05, 4.69) is 4.98 Å². The predicted molar refractivity (Wildman–Crippen MR) is 93.4 cm³/mol. The number of halogens is 1. The molecule has 128 valence electrons. The first kappa shape index (κ1) is 17.0. The summed E-state index contributed by atoms with van der Waals surface area (Å²) < 4.78 is 16.0. The number of nitrogens with zero attached hydrogens (tertiary/aromatic N) is 1. The second-order valence-corrected chi connectivity index (χ2v) is 5.71. The van der Waals surface area contributed by atoms with Crippen molar-refractivity contribution in [3.63, 3.8) is 0 Å². The second kappa shape index (κ2) is 7.85. The molecule has 1 heterocycles. The lowest BCUT2D eigenvalue weighted by Gasteiger charge is -2.08. The van der Waals surface area contributed by atoms with Gasteiger partial charge in [-0.1, -0.05) is 41.9 Å². The van der Waals surface area contributed by atoms with E-state index in [9.17, 15) is 4.79 Å². The molecule has 0 unspecified atom stereocenters. The summed E-state index contributed by atoms with van der Waals surface area (Å²) in [5.41, 5.74) is 1.58. The Morgan fingerprint density at radius 2 is 2.00 bits per heavy atom. The van der Waals surface area contributed by atoms with Crippen molar-refractivity contribution in [3.8, 4) is 17.1 Å². The monoisotopic (exact) mass is 357 g/mol. The van der Waals surface area contributed by atoms with Gasteiger partial charge in [-0.2, -0.15) is 0 Å². The highest BCUT2D eigenvalue weighted by atomic mass is 35.5. The number of benzene rings is 2. The molecule has 0 saturated heterocycles. The summed E-state index contributed by atoms with van der Waals surface area (Å²) in [7, 11) is 1.54. The minimum absolute atomic E-state index is 0.0332. The summed E-state index contributed by atoms with van der Waals surface area (Å²) in [6.07, 6.45) is 1.66. The van der Waals surface area contributed by atoms with Gasteiger partial charge in [-0.3, -0.25) is 4.79 Å². The number of hydrogen-bond acceptors (Lipinski definition) is 5. The van der Waals surface area contributed by atoms with Gasteiger partial charge in [-0.05, 0) is 18.2 Å². The van der Waals surface area contributed by atoms with E-state index in [0.29, 0.717) is 28.0 Å². The molecule has 0 aliphatic carbocycles. The van der Waals surface area contributed by atoms with E-state index in [4.69, 9.17) is 25.5 Å². The molecule has 0 N–H and O–H groups in total. The normalized spacial score (nSPS) is 10.5. The van der Waals surface area contributed by atoms with Gasteiger partial charge < -0.3 is 13.9 Å². The Kier molecular flexibility index (Phi) is 5.36. The summed E-state index contributed by atoms with van der Waals surface area (Å²) in [5.74, 6) is 1.14. The zero-order valence-electron chi connectivity index (χ0n) is 13.6. The van der Waals surface area contributed by atoms with Gasteiger partial charge in [0.1, 0.15) is 5.75 Å². The number of methoxy groups -OCH3 is 1. The van der Waals surface area contributed by atoms with E-state index in [1.165, 1.54) is 7.11 Å². The maximum absolute atomic E-state index is 12.1. The molecular weight excluding hydrogens is 342 g/mol. The summed E-state index contributed by atoms with van der Waals surface area (Å²) in [6.45, 7) is -0.0332. The van der Waals surface area contributed by atoms with Crippen molar-refractivity contribution in [1.82, 2.24) is 4.98 Å². The van der Waals surface area contributed by atoms with Crippen LogP contribution >= 0.6 is 11.6 Å². The number of aromatic nitrogens is 1. The minimum atomic E-state index is -0.417. The molecule has 25 heavy (non-hydrogen) atoms. The maximum atomic E-state index is 12.1. The van der Waals surface area contributed by atoms with E-state index in [1.54, 1.807) is 24.4 Å². The van der Waals surface area contributed by atoms with Crippen LogP contribution in [0.15, 0.2) is 59.1 Å². The number of oxazole rings is 1. The van der Waals surface area contributed by atoms with Crippen molar-refractivity contribution in [1.29, 1.82) is 0 Å². The van der Waals surface area contributed by atoms with Crippen molar-refractivity contribution < 1.29 is 18.7 Å². The zero-order valence-corrected chi connectivity index (χ0v) is 14.3. The van der Waals surface area contributed by atoms with Gasteiger partial charge >= 0.3 is 5.97 Å². The topological polar surface area (TPSA) is 61.6 Å². The molecule has 0 saturated carbocycles. The molecule has 3 rings (SSSR count). The summed E-state index contributed by atoms with van der Waals surface area (Å²) >= 11 is 5.96. The van der Waals surface area contributed by atoms with E-state index >= 15 is 0 Å². The number of carbonyl (C=O) groups is 1. The highest BCUT2D eigenvalue weighted by Gasteiger charge is 2.13. The van der Waals surface area contributed by atoms with Gasteiger partial charge in [-0.15, -0.1) is 0 Å². The molecule has 0 radical (unpaired) electrons. The fraction of sp³-hybridized carbons (Fsp3) is 0.158. The van der Waals surface area contributed by atoms with Crippen LogP contribution in [-0.2, 0) is 22.6 Å². The van der Waals surface area contributed by atoms with Gasteiger partial charge in [0.25, 0.3) is 0 Å². The van der Waals surface area contributed by atoms with Crippen molar-refractivity contribution in [3.05, 3.63) is 71.2 Å². The van der Waals surface area contributed by atoms with Crippen molar-refractivity contribution in [2.75, 3.05) is 7.11 Å². The Bertz CT molecular complexity index is 861. The third kappa shape index (κ3) is 4.39. The number of ether oxygens (including phenoxy) is 2. The van der Waals surface area contributed by atoms with Crippen LogP contribution in [0.2, 0.25) is 5.02 Å². The molecule has 1 aromatic heterocycles. The lowest BCUT2D eigenvalue weighted by molar-refractivity contribution is -0.144. The average Bonchev–Trinajstić information content (AvgIpc) is 3.10. The fourth-order valence-electron chi connectivity index (χ4n) is 2.35. The first-order valence-electron chi connectivity index (χ1n) is 7.64. The van der Waals surface area contributed by atoms with Crippen LogP contribution in [0.3, 0.4) is 0 Å². The summed E-state index contributed by atoms with van der Waals surface area (Å²) in [6, 6.07) is 14.7. The molecular formula is C19H16ClNO4. The van der Waals surface area contributed by atoms with Crippen LogP contribution in [0, 0.1) is 0 Å². The molecule has 0 aliphatic heterocycles. The Morgan fingerprint density at radius 1 is 1.20 bits per heavy atom. The van der Waals surface area contributed by atoms with E-state index in [0.717, 1.165) is 5.56 Å². The smallest absolute Gasteiger partial charge is 0.310 e. The van der Waals surface area contributed by atoms with Crippen molar-refractivity contribution in [2.24, 2.45) is 0 Å². The number of esters is 1. The predicted octanol–water partition coefficient (Wildman–Crippen LogP) is 4.29. The second-order valence-electron chi connectivity index (χ2n) is 5.28. The SMILES string of the molecule is COc1ccc(Cl)cc1CC(=O)OCc1ncc(-c2ccccc2)o1. The Hall–Kier alpha value is -2.79. The van der Waals surface area contributed by atoms with E-state index < -0.39 is 5.97 Å². The molecule has 0 bridgehead atoms. The standard InChI is InChI=1S/C19H16ClNO4/c1-23-16-8-7-15(20)9-14(16)10-19(22)24-12-18-21-11-17(25-18)13-5-3-2-4-6-13/h2-9,11H,10,12H2,1H3. The number of carbonyl (C=O) groups excluding carboxylic acids is 1. The quantitative estimate of drug-likeness (QED) is 0.616. The average molecular weight is 358 g/mol. The van der Waals surface area contributed by atoms with Crippen molar-refractivity contribution in [2.45, 2.75) is 13.0 Å². The third-order valence-electron chi connectivity index (χ3n) is 3.55. The lowest BCUT2D eigenvalue weighted by atomic mass is 10.1. The van der Waals surface area contributed by atoms with Crippen LogP contribution in [0.4, 0.5) is 0 Å². The van der Waals surface area contributed by atoms with Crippen LogP contribution in [0.5, 0.6) is 5.75 Å². The van der Waals surface area contributed by atoms with Crippen LogP contribution < -0.4 is 4.74 Å². The Morgan fingerprint density at radius 3 is 2.76 bits per heavy atom. The highest BCUT2D eigenvalue weighted by molar-refractivity contribution is 6.30. The van der Waals surface area contributed by atoms with E-state index in [-0.39, 0.29) is 13.0 Å². The van der Waals surface area contributed by atoms with Gasteiger partial charge in [-0.25, -0.2) is 4.98 Å². The molecule has 0 fully saturated rings. The highest BCUT2D eigenvalue weighted by Crippen LogP contribution is 2.24.